The van der Waals surface area contributed by atoms with Crippen molar-refractivity contribution in [1.82, 2.24) is 4.90 Å². The number of anilines is 1. The quantitative estimate of drug-likeness (QED) is 0.772. The second-order valence-corrected chi connectivity index (χ2v) is 6.89. The standard InChI is InChI=1S/C20H23ClN2O2/c1-14(15-7-8-15)23(13-16-5-3-4-6-19(16)25-2)20(24)22-18-11-9-17(21)10-12-18/h3-6,9-12,14-15H,7-8,13H2,1-2H3,(H,22,24). The van der Waals surface area contributed by atoms with Gasteiger partial charge in [-0.05, 0) is 56.0 Å². The van der Waals surface area contributed by atoms with E-state index in [1.54, 1.807) is 19.2 Å². The Balaban J connectivity index is 1.79. The summed E-state index contributed by atoms with van der Waals surface area (Å²) >= 11 is 5.91. The molecule has 1 saturated carbocycles. The number of nitrogens with one attached hydrogen (secondary N) is 1. The first-order valence-corrected chi connectivity index (χ1v) is 8.91. The van der Waals surface area contributed by atoms with Crippen LogP contribution in [-0.4, -0.2) is 24.1 Å². The van der Waals surface area contributed by atoms with Crippen molar-refractivity contribution < 1.29 is 9.53 Å². The summed E-state index contributed by atoms with van der Waals surface area (Å²) < 4.78 is 5.44. The molecule has 0 aromatic heterocycles. The zero-order valence-electron chi connectivity index (χ0n) is 14.5. The SMILES string of the molecule is COc1ccccc1CN(C(=O)Nc1ccc(Cl)cc1)C(C)C1CC1. The predicted molar refractivity (Wildman–Crippen MR) is 101 cm³/mol. The number of rotatable bonds is 6. The number of urea groups is 1. The first-order valence-electron chi connectivity index (χ1n) is 8.53. The first-order chi connectivity index (χ1) is 12.1. The number of ether oxygens (including phenoxy) is 1. The lowest BCUT2D eigenvalue weighted by Gasteiger charge is -2.30. The Hall–Kier alpha value is -2.20. The number of carbonyl (C=O) groups excluding carboxylic acids is 1. The van der Waals surface area contributed by atoms with Gasteiger partial charge in [0.15, 0.2) is 0 Å². The van der Waals surface area contributed by atoms with Crippen molar-refractivity contribution in [3.05, 3.63) is 59.1 Å². The number of hydrogen-bond donors (Lipinski definition) is 1. The van der Waals surface area contributed by atoms with Crippen molar-refractivity contribution in [1.29, 1.82) is 0 Å². The van der Waals surface area contributed by atoms with E-state index in [4.69, 9.17) is 16.3 Å². The summed E-state index contributed by atoms with van der Waals surface area (Å²) in [5.74, 6) is 1.38. The van der Waals surface area contributed by atoms with Crippen LogP contribution >= 0.6 is 11.6 Å². The van der Waals surface area contributed by atoms with E-state index in [9.17, 15) is 4.79 Å². The topological polar surface area (TPSA) is 41.6 Å². The highest BCUT2D eigenvalue weighted by Crippen LogP contribution is 2.36. The molecule has 2 amide bonds. The van der Waals surface area contributed by atoms with Crippen LogP contribution in [0.25, 0.3) is 0 Å². The Kier molecular flexibility index (Phi) is 5.49. The molecule has 3 rings (SSSR count). The highest BCUT2D eigenvalue weighted by atomic mass is 35.5. The van der Waals surface area contributed by atoms with Crippen molar-refractivity contribution in [2.45, 2.75) is 32.4 Å². The minimum atomic E-state index is -0.104. The van der Waals surface area contributed by atoms with Gasteiger partial charge in [0, 0.05) is 22.3 Å². The zero-order chi connectivity index (χ0) is 17.8. The summed E-state index contributed by atoms with van der Waals surface area (Å²) in [5.41, 5.74) is 1.74. The summed E-state index contributed by atoms with van der Waals surface area (Å²) in [7, 11) is 1.65. The molecular weight excluding hydrogens is 336 g/mol. The molecule has 132 valence electrons. The van der Waals surface area contributed by atoms with Gasteiger partial charge in [0.1, 0.15) is 5.75 Å². The minimum Gasteiger partial charge on any atom is -0.496 e. The smallest absolute Gasteiger partial charge is 0.322 e. The van der Waals surface area contributed by atoms with Crippen LogP contribution in [0.1, 0.15) is 25.3 Å². The van der Waals surface area contributed by atoms with Crippen LogP contribution in [0, 0.1) is 5.92 Å². The molecule has 4 nitrogen and oxygen atoms in total. The second-order valence-electron chi connectivity index (χ2n) is 6.45. The maximum absolute atomic E-state index is 12.9. The van der Waals surface area contributed by atoms with Gasteiger partial charge in [-0.15, -0.1) is 0 Å². The van der Waals surface area contributed by atoms with Crippen molar-refractivity contribution in [3.8, 4) is 5.75 Å². The Bertz CT molecular complexity index is 729. The number of halogens is 1. The molecular formula is C20H23ClN2O2. The van der Waals surface area contributed by atoms with Crippen LogP contribution in [0.5, 0.6) is 5.75 Å². The van der Waals surface area contributed by atoms with E-state index in [1.807, 2.05) is 41.3 Å². The maximum atomic E-state index is 12.9. The predicted octanol–water partition coefficient (Wildman–Crippen LogP) is 5.18. The largest absolute Gasteiger partial charge is 0.496 e. The van der Waals surface area contributed by atoms with E-state index < -0.39 is 0 Å². The summed E-state index contributed by atoms with van der Waals surface area (Å²) in [6.07, 6.45) is 2.36. The highest BCUT2D eigenvalue weighted by Gasteiger charge is 2.34. The fourth-order valence-corrected chi connectivity index (χ4v) is 3.11. The number of carbonyl (C=O) groups is 1. The van der Waals surface area contributed by atoms with Gasteiger partial charge in [-0.3, -0.25) is 0 Å². The fourth-order valence-electron chi connectivity index (χ4n) is 2.98. The number of para-hydroxylation sites is 1. The number of nitrogens with zero attached hydrogens (tertiary/aromatic N) is 1. The Morgan fingerprint density at radius 2 is 1.92 bits per heavy atom. The lowest BCUT2D eigenvalue weighted by atomic mass is 10.1. The number of amides is 2. The normalized spacial score (nSPS) is 14.7. The minimum absolute atomic E-state index is 0.104. The summed E-state index contributed by atoms with van der Waals surface area (Å²) in [6.45, 7) is 2.63. The number of methoxy groups -OCH3 is 1. The van der Waals surface area contributed by atoms with Crippen molar-refractivity contribution in [3.63, 3.8) is 0 Å². The van der Waals surface area contributed by atoms with E-state index in [2.05, 4.69) is 12.2 Å². The number of hydrogen-bond acceptors (Lipinski definition) is 2. The monoisotopic (exact) mass is 358 g/mol. The maximum Gasteiger partial charge on any atom is 0.322 e. The van der Waals surface area contributed by atoms with Gasteiger partial charge >= 0.3 is 6.03 Å². The molecule has 1 atom stereocenters. The van der Waals surface area contributed by atoms with Gasteiger partial charge < -0.3 is 15.0 Å². The molecule has 1 aliphatic carbocycles. The average Bonchev–Trinajstić information content (AvgIpc) is 3.46. The summed E-state index contributed by atoms with van der Waals surface area (Å²) in [5, 5.41) is 3.63. The molecule has 1 fully saturated rings. The van der Waals surface area contributed by atoms with E-state index in [1.165, 1.54) is 12.8 Å². The van der Waals surface area contributed by atoms with Gasteiger partial charge in [-0.2, -0.15) is 0 Å². The molecule has 1 aliphatic rings. The van der Waals surface area contributed by atoms with Crippen molar-refractivity contribution in [2.24, 2.45) is 5.92 Å². The molecule has 25 heavy (non-hydrogen) atoms. The third-order valence-corrected chi connectivity index (χ3v) is 4.94. The Morgan fingerprint density at radius 3 is 2.56 bits per heavy atom. The molecule has 0 spiro atoms. The van der Waals surface area contributed by atoms with Gasteiger partial charge in [-0.25, -0.2) is 4.79 Å². The Labute approximate surface area is 153 Å². The Morgan fingerprint density at radius 1 is 1.24 bits per heavy atom. The lowest BCUT2D eigenvalue weighted by molar-refractivity contribution is 0.180. The third-order valence-electron chi connectivity index (χ3n) is 4.69. The van der Waals surface area contributed by atoms with E-state index in [0.717, 1.165) is 17.0 Å². The van der Waals surface area contributed by atoms with Crippen LogP contribution < -0.4 is 10.1 Å². The molecule has 2 aromatic carbocycles. The third kappa shape index (κ3) is 4.45. The zero-order valence-corrected chi connectivity index (χ0v) is 15.3. The highest BCUT2D eigenvalue weighted by molar-refractivity contribution is 6.30. The van der Waals surface area contributed by atoms with Crippen molar-refractivity contribution in [2.75, 3.05) is 12.4 Å². The molecule has 0 bridgehead atoms. The molecule has 0 saturated heterocycles. The van der Waals surface area contributed by atoms with Gasteiger partial charge in [0.2, 0.25) is 0 Å². The molecule has 1 N–H and O–H groups in total. The summed E-state index contributed by atoms with van der Waals surface area (Å²) in [4.78, 5) is 14.8. The van der Waals surface area contributed by atoms with Gasteiger partial charge in [0.05, 0.1) is 13.7 Å². The van der Waals surface area contributed by atoms with Crippen LogP contribution in [0.3, 0.4) is 0 Å². The van der Waals surface area contributed by atoms with Crippen LogP contribution in [0.2, 0.25) is 5.02 Å². The van der Waals surface area contributed by atoms with Crippen LogP contribution in [0.15, 0.2) is 48.5 Å². The summed E-state index contributed by atoms with van der Waals surface area (Å²) in [6, 6.07) is 15.1. The van der Waals surface area contributed by atoms with E-state index in [-0.39, 0.29) is 12.1 Å². The first kappa shape index (κ1) is 17.6. The molecule has 1 unspecified atom stereocenters. The lowest BCUT2D eigenvalue weighted by Crippen LogP contribution is -2.42. The average molecular weight is 359 g/mol. The van der Waals surface area contributed by atoms with E-state index in [0.29, 0.717) is 17.5 Å². The van der Waals surface area contributed by atoms with E-state index >= 15 is 0 Å². The van der Waals surface area contributed by atoms with Gasteiger partial charge in [-0.1, -0.05) is 29.8 Å². The van der Waals surface area contributed by atoms with Crippen LogP contribution in [0.4, 0.5) is 10.5 Å². The molecule has 0 aliphatic heterocycles. The van der Waals surface area contributed by atoms with Crippen molar-refractivity contribution >= 4 is 23.3 Å². The number of benzene rings is 2. The second kappa shape index (κ2) is 7.79. The molecule has 0 heterocycles. The fraction of sp³-hybridized carbons (Fsp3) is 0.350. The van der Waals surface area contributed by atoms with Crippen LogP contribution in [-0.2, 0) is 6.54 Å². The molecule has 5 heteroatoms. The molecule has 2 aromatic rings. The molecule has 0 radical (unpaired) electrons. The van der Waals surface area contributed by atoms with Gasteiger partial charge in [0.25, 0.3) is 0 Å².